The summed E-state index contributed by atoms with van der Waals surface area (Å²) < 4.78 is 45.8. The minimum absolute atomic E-state index is 0.250. The van der Waals surface area contributed by atoms with Crippen LogP contribution in [0.5, 0.6) is 0 Å². The number of rotatable bonds is 7. The van der Waals surface area contributed by atoms with E-state index in [1.54, 1.807) is 23.9 Å². The van der Waals surface area contributed by atoms with Crippen LogP contribution in [0.25, 0.3) is 11.6 Å². The maximum absolute atomic E-state index is 12.8. The van der Waals surface area contributed by atoms with Gasteiger partial charge in [0.15, 0.2) is 17.3 Å². The minimum Gasteiger partial charge on any atom is -0.440 e. The average molecular weight is 478 g/mol. The molecule has 0 radical (unpaired) electrons. The molecule has 2 fully saturated rings. The van der Waals surface area contributed by atoms with Crippen molar-refractivity contribution >= 4 is 11.8 Å². The van der Waals surface area contributed by atoms with Crippen LogP contribution in [0.3, 0.4) is 0 Å². The van der Waals surface area contributed by atoms with E-state index in [1.165, 1.54) is 18.5 Å². The number of halogens is 3. The van der Waals surface area contributed by atoms with Gasteiger partial charge in [-0.3, -0.25) is 0 Å². The van der Waals surface area contributed by atoms with Gasteiger partial charge in [-0.15, -0.1) is 10.2 Å². The molecule has 3 aromatic rings. The predicted molar refractivity (Wildman–Crippen MR) is 119 cm³/mol. The van der Waals surface area contributed by atoms with Crippen molar-refractivity contribution in [1.82, 2.24) is 24.6 Å². The summed E-state index contributed by atoms with van der Waals surface area (Å²) >= 11 is 1.68. The summed E-state index contributed by atoms with van der Waals surface area (Å²) in [5.74, 6) is 2.65. The van der Waals surface area contributed by atoms with Crippen molar-refractivity contribution in [3.63, 3.8) is 0 Å². The molecule has 0 bridgehead atoms. The highest BCUT2D eigenvalue weighted by Crippen LogP contribution is 2.64. The standard InChI is InChI=1S/C23H26F3N5OS/c1-15-19(32-14-27-15)20-28-29-21(30(20)2)33-11-3-9-31-10-8-22(13-31)12-18(22)16-4-6-17(7-5-16)23(24,25)26/h4-7,14,18H,3,8-13H2,1-2H3/t18-,22+/m0/s1. The van der Waals surface area contributed by atoms with E-state index in [0.29, 0.717) is 17.5 Å². The summed E-state index contributed by atoms with van der Waals surface area (Å²) in [6.45, 7) is 4.98. The summed E-state index contributed by atoms with van der Waals surface area (Å²) in [4.78, 5) is 6.60. The fraction of sp³-hybridized carbons (Fsp3) is 0.522. The van der Waals surface area contributed by atoms with Crippen LogP contribution in [0.1, 0.15) is 42.0 Å². The van der Waals surface area contributed by atoms with Gasteiger partial charge in [0, 0.05) is 19.3 Å². The van der Waals surface area contributed by atoms with E-state index >= 15 is 0 Å². The van der Waals surface area contributed by atoms with Gasteiger partial charge >= 0.3 is 6.18 Å². The third kappa shape index (κ3) is 4.42. The van der Waals surface area contributed by atoms with Crippen molar-refractivity contribution in [3.8, 4) is 11.6 Å². The molecule has 0 amide bonds. The second-order valence-electron chi connectivity index (χ2n) is 9.10. The van der Waals surface area contributed by atoms with E-state index in [-0.39, 0.29) is 5.41 Å². The molecule has 3 heterocycles. The number of hydrogen-bond donors (Lipinski definition) is 0. The third-order valence-electron chi connectivity index (χ3n) is 6.93. The molecule has 1 aromatic carbocycles. The maximum atomic E-state index is 12.8. The Bertz CT molecular complexity index is 1130. The smallest absolute Gasteiger partial charge is 0.416 e. The van der Waals surface area contributed by atoms with Gasteiger partial charge in [-0.2, -0.15) is 13.2 Å². The van der Waals surface area contributed by atoms with Gasteiger partial charge in [0.25, 0.3) is 0 Å². The minimum atomic E-state index is -4.27. The largest absolute Gasteiger partial charge is 0.440 e. The Morgan fingerprint density at radius 2 is 2.00 bits per heavy atom. The number of likely N-dealkylation sites (tertiary alicyclic amines) is 1. The van der Waals surface area contributed by atoms with E-state index in [2.05, 4.69) is 20.1 Å². The fourth-order valence-electron chi connectivity index (χ4n) is 4.96. The zero-order valence-electron chi connectivity index (χ0n) is 18.6. The summed E-state index contributed by atoms with van der Waals surface area (Å²) in [5.41, 5.74) is 1.51. The van der Waals surface area contributed by atoms with Crippen molar-refractivity contribution in [3.05, 3.63) is 47.5 Å². The lowest BCUT2D eigenvalue weighted by atomic mass is 9.97. The fourth-order valence-corrected chi connectivity index (χ4v) is 5.79. The topological polar surface area (TPSA) is 60.0 Å². The second-order valence-corrected chi connectivity index (χ2v) is 10.2. The normalized spacial score (nSPS) is 23.0. The predicted octanol–water partition coefficient (Wildman–Crippen LogP) is 5.16. The van der Waals surface area contributed by atoms with Gasteiger partial charge in [-0.25, -0.2) is 4.98 Å². The van der Waals surface area contributed by atoms with E-state index in [9.17, 15) is 13.2 Å². The lowest BCUT2D eigenvalue weighted by molar-refractivity contribution is -0.137. The van der Waals surface area contributed by atoms with Crippen molar-refractivity contribution in [2.24, 2.45) is 12.5 Å². The average Bonchev–Trinajstić information content (AvgIpc) is 3.05. The van der Waals surface area contributed by atoms with Gasteiger partial charge in [-0.05, 0) is 68.3 Å². The first-order chi connectivity index (χ1) is 15.8. The van der Waals surface area contributed by atoms with Crippen LogP contribution in [0.2, 0.25) is 0 Å². The molecule has 0 N–H and O–H groups in total. The number of aromatic nitrogens is 4. The molecule has 5 rings (SSSR count). The van der Waals surface area contributed by atoms with Crippen LogP contribution < -0.4 is 0 Å². The molecule has 33 heavy (non-hydrogen) atoms. The van der Waals surface area contributed by atoms with Crippen molar-refractivity contribution < 1.29 is 17.6 Å². The Labute approximate surface area is 194 Å². The van der Waals surface area contributed by atoms with Crippen molar-refractivity contribution in [2.45, 2.75) is 43.4 Å². The SMILES string of the molecule is Cc1ncoc1-c1nnc(SCCCN2CC[C@@]3(C[C@H]3c3ccc(C(F)(F)F)cc3)C2)n1C. The monoisotopic (exact) mass is 477 g/mol. The molecule has 1 spiro atoms. The zero-order valence-corrected chi connectivity index (χ0v) is 19.4. The first kappa shape index (κ1) is 22.5. The molecule has 2 atom stereocenters. The van der Waals surface area contributed by atoms with Crippen molar-refractivity contribution in [1.29, 1.82) is 0 Å². The molecule has 6 nitrogen and oxygen atoms in total. The highest BCUT2D eigenvalue weighted by Gasteiger charge is 2.57. The first-order valence-electron chi connectivity index (χ1n) is 11.1. The molecule has 1 aliphatic heterocycles. The third-order valence-corrected chi connectivity index (χ3v) is 8.03. The molecular formula is C23H26F3N5OS. The molecule has 1 saturated heterocycles. The number of nitrogens with zero attached hydrogens (tertiary/aromatic N) is 5. The number of hydrogen-bond acceptors (Lipinski definition) is 6. The van der Waals surface area contributed by atoms with Gasteiger partial charge in [0.1, 0.15) is 0 Å². The quantitative estimate of drug-likeness (QED) is 0.346. The van der Waals surface area contributed by atoms with Gasteiger partial charge in [0.05, 0.1) is 11.3 Å². The molecule has 2 aromatic heterocycles. The van der Waals surface area contributed by atoms with E-state index in [1.807, 2.05) is 18.5 Å². The number of benzene rings is 1. The van der Waals surface area contributed by atoms with Crippen molar-refractivity contribution in [2.75, 3.05) is 25.4 Å². The Morgan fingerprint density at radius 1 is 1.21 bits per heavy atom. The van der Waals surface area contributed by atoms with Crippen LogP contribution in [0.4, 0.5) is 13.2 Å². The number of alkyl halides is 3. The molecule has 176 valence electrons. The van der Waals surface area contributed by atoms with E-state index < -0.39 is 11.7 Å². The number of oxazole rings is 1. The molecule has 0 unspecified atom stereocenters. The Morgan fingerprint density at radius 3 is 2.70 bits per heavy atom. The van der Waals surface area contributed by atoms with E-state index in [0.717, 1.165) is 61.1 Å². The number of aryl methyl sites for hydroxylation is 1. The van der Waals surface area contributed by atoms with E-state index in [4.69, 9.17) is 4.42 Å². The molecule has 1 saturated carbocycles. The highest BCUT2D eigenvalue weighted by molar-refractivity contribution is 7.99. The summed E-state index contributed by atoms with van der Waals surface area (Å²) in [5, 5.41) is 9.38. The van der Waals surface area contributed by atoms with Crippen LogP contribution in [-0.4, -0.2) is 50.0 Å². The molecule has 1 aliphatic carbocycles. The van der Waals surface area contributed by atoms with Crippen LogP contribution in [0, 0.1) is 12.3 Å². The Hall–Kier alpha value is -2.33. The second kappa shape index (κ2) is 8.47. The molecule has 2 aliphatic rings. The van der Waals surface area contributed by atoms with Gasteiger partial charge in [-0.1, -0.05) is 23.9 Å². The van der Waals surface area contributed by atoms with Crippen LogP contribution in [-0.2, 0) is 13.2 Å². The Balaban J connectivity index is 1.09. The maximum Gasteiger partial charge on any atom is 0.416 e. The zero-order chi connectivity index (χ0) is 23.2. The van der Waals surface area contributed by atoms with Crippen LogP contribution in [0.15, 0.2) is 40.2 Å². The summed E-state index contributed by atoms with van der Waals surface area (Å²) in [7, 11) is 1.93. The summed E-state index contributed by atoms with van der Waals surface area (Å²) in [6.07, 6.45) is 0.372. The van der Waals surface area contributed by atoms with Crippen LogP contribution >= 0.6 is 11.8 Å². The lowest BCUT2D eigenvalue weighted by Crippen LogP contribution is -2.23. The first-order valence-corrected chi connectivity index (χ1v) is 12.1. The number of thioether (sulfide) groups is 1. The summed E-state index contributed by atoms with van der Waals surface area (Å²) in [6, 6.07) is 5.76. The highest BCUT2D eigenvalue weighted by atomic mass is 32.2. The Kier molecular flexibility index (Phi) is 5.76. The van der Waals surface area contributed by atoms with Gasteiger partial charge < -0.3 is 13.9 Å². The molecular weight excluding hydrogens is 451 g/mol. The lowest BCUT2D eigenvalue weighted by Gasteiger charge is -2.16. The van der Waals surface area contributed by atoms with Gasteiger partial charge in [0.2, 0.25) is 5.82 Å². The molecule has 10 heteroatoms.